The summed E-state index contributed by atoms with van der Waals surface area (Å²) in [4.78, 5) is 26.2. The average molecular weight is 423 g/mol. The molecule has 132 valence electrons. The zero-order chi connectivity index (χ0) is 17.6. The van der Waals surface area contributed by atoms with E-state index in [0.29, 0.717) is 13.1 Å². The molecular formula is C18H19BrN2O3S. The van der Waals surface area contributed by atoms with Gasteiger partial charge >= 0.3 is 0 Å². The SMILES string of the molecule is O=C(NCCSCc1ccco1)[C@H]1CC(=O)N(c2cccc(Br)c2)C1. The second-order valence-electron chi connectivity index (χ2n) is 5.81. The van der Waals surface area contributed by atoms with Crippen LogP contribution in [0.2, 0.25) is 0 Å². The van der Waals surface area contributed by atoms with Gasteiger partial charge in [0.2, 0.25) is 11.8 Å². The molecule has 1 saturated heterocycles. The maximum absolute atomic E-state index is 12.3. The Labute approximate surface area is 159 Å². The van der Waals surface area contributed by atoms with Crippen molar-refractivity contribution >= 4 is 45.2 Å². The molecular weight excluding hydrogens is 404 g/mol. The molecule has 0 radical (unpaired) electrons. The number of hydrogen-bond donors (Lipinski definition) is 1. The molecule has 1 aromatic heterocycles. The Kier molecular flexibility index (Phi) is 6.20. The predicted octanol–water partition coefficient (Wildman–Crippen LogP) is 3.44. The van der Waals surface area contributed by atoms with E-state index in [0.717, 1.165) is 27.4 Å². The van der Waals surface area contributed by atoms with Gasteiger partial charge in [0.25, 0.3) is 0 Å². The Morgan fingerprint density at radius 3 is 3.00 bits per heavy atom. The molecule has 5 nitrogen and oxygen atoms in total. The fourth-order valence-electron chi connectivity index (χ4n) is 2.73. The second kappa shape index (κ2) is 8.58. The predicted molar refractivity (Wildman–Crippen MR) is 102 cm³/mol. The van der Waals surface area contributed by atoms with Gasteiger partial charge in [-0.2, -0.15) is 11.8 Å². The van der Waals surface area contributed by atoms with E-state index in [2.05, 4.69) is 21.2 Å². The first kappa shape index (κ1) is 18.1. The number of thioether (sulfide) groups is 1. The number of nitrogens with one attached hydrogen (secondary N) is 1. The summed E-state index contributed by atoms with van der Waals surface area (Å²) in [5, 5.41) is 2.93. The highest BCUT2D eigenvalue weighted by Gasteiger charge is 2.34. The van der Waals surface area contributed by atoms with E-state index in [1.54, 1.807) is 22.9 Å². The summed E-state index contributed by atoms with van der Waals surface area (Å²) < 4.78 is 6.18. The molecule has 2 aromatic rings. The molecule has 0 bridgehead atoms. The smallest absolute Gasteiger partial charge is 0.227 e. The van der Waals surface area contributed by atoms with Crippen LogP contribution < -0.4 is 10.2 Å². The number of hydrogen-bond acceptors (Lipinski definition) is 4. The summed E-state index contributed by atoms with van der Waals surface area (Å²) in [6.45, 7) is 1.02. The molecule has 1 fully saturated rings. The van der Waals surface area contributed by atoms with Crippen molar-refractivity contribution in [1.82, 2.24) is 5.32 Å². The van der Waals surface area contributed by atoms with Crippen molar-refractivity contribution in [1.29, 1.82) is 0 Å². The van der Waals surface area contributed by atoms with Crippen LogP contribution in [0.25, 0.3) is 0 Å². The first-order chi connectivity index (χ1) is 12.1. The van der Waals surface area contributed by atoms with Crippen molar-refractivity contribution in [2.45, 2.75) is 12.2 Å². The summed E-state index contributed by atoms with van der Waals surface area (Å²) >= 11 is 5.11. The molecule has 2 amide bonds. The standard InChI is InChI=1S/C18H19BrN2O3S/c19-14-3-1-4-15(10-14)21-11-13(9-17(21)22)18(23)20-6-8-25-12-16-5-2-7-24-16/h1-5,7,10,13H,6,8-9,11-12H2,(H,20,23)/t13-/m0/s1. The minimum atomic E-state index is -0.290. The Balaban J connectivity index is 1.43. The topological polar surface area (TPSA) is 62.6 Å². The van der Waals surface area contributed by atoms with Crippen LogP contribution >= 0.6 is 27.7 Å². The highest BCUT2D eigenvalue weighted by atomic mass is 79.9. The Hall–Kier alpha value is -1.73. The average Bonchev–Trinajstić information content (AvgIpc) is 3.24. The monoisotopic (exact) mass is 422 g/mol. The van der Waals surface area contributed by atoms with Gasteiger partial charge in [-0.25, -0.2) is 0 Å². The van der Waals surface area contributed by atoms with Gasteiger partial charge in [0.1, 0.15) is 5.76 Å². The molecule has 1 N–H and O–H groups in total. The summed E-state index contributed by atoms with van der Waals surface area (Å²) in [7, 11) is 0. The second-order valence-corrected chi connectivity index (χ2v) is 7.83. The van der Waals surface area contributed by atoms with E-state index >= 15 is 0 Å². The van der Waals surface area contributed by atoms with Gasteiger partial charge in [0, 0.05) is 35.4 Å². The third-order valence-electron chi connectivity index (χ3n) is 3.99. The molecule has 2 heterocycles. The maximum atomic E-state index is 12.3. The molecule has 0 saturated carbocycles. The normalized spacial score (nSPS) is 17.1. The third kappa shape index (κ3) is 4.89. The van der Waals surface area contributed by atoms with Gasteiger partial charge in [0.05, 0.1) is 17.9 Å². The Morgan fingerprint density at radius 1 is 1.36 bits per heavy atom. The largest absolute Gasteiger partial charge is 0.468 e. The fraction of sp³-hybridized carbons (Fsp3) is 0.333. The molecule has 25 heavy (non-hydrogen) atoms. The fourth-order valence-corrected chi connectivity index (χ4v) is 3.88. The van der Waals surface area contributed by atoms with Gasteiger partial charge < -0.3 is 14.6 Å². The van der Waals surface area contributed by atoms with Crippen LogP contribution in [0.4, 0.5) is 5.69 Å². The quantitative estimate of drug-likeness (QED) is 0.694. The molecule has 3 rings (SSSR count). The van der Waals surface area contributed by atoms with Crippen LogP contribution in [0.5, 0.6) is 0 Å². The van der Waals surface area contributed by atoms with Crippen LogP contribution in [0.3, 0.4) is 0 Å². The number of carbonyl (C=O) groups is 2. The van der Waals surface area contributed by atoms with Crippen LogP contribution in [0.1, 0.15) is 12.2 Å². The molecule has 0 spiro atoms. The van der Waals surface area contributed by atoms with Gasteiger partial charge in [-0.3, -0.25) is 9.59 Å². The summed E-state index contributed by atoms with van der Waals surface area (Å²) in [5.41, 5.74) is 0.823. The van der Waals surface area contributed by atoms with Gasteiger partial charge in [-0.05, 0) is 30.3 Å². The van der Waals surface area contributed by atoms with E-state index < -0.39 is 0 Å². The van der Waals surface area contributed by atoms with Gasteiger partial charge in [-0.1, -0.05) is 22.0 Å². The van der Waals surface area contributed by atoms with Crippen LogP contribution in [-0.2, 0) is 15.3 Å². The minimum absolute atomic E-state index is 0.00885. The molecule has 1 aromatic carbocycles. The molecule has 1 aliphatic heterocycles. The number of benzene rings is 1. The third-order valence-corrected chi connectivity index (χ3v) is 5.46. The molecule has 1 atom stereocenters. The summed E-state index contributed by atoms with van der Waals surface area (Å²) in [6.07, 6.45) is 1.92. The Morgan fingerprint density at radius 2 is 2.24 bits per heavy atom. The van der Waals surface area contributed by atoms with Gasteiger partial charge in [0.15, 0.2) is 0 Å². The number of furan rings is 1. The lowest BCUT2D eigenvalue weighted by Gasteiger charge is -2.17. The number of amides is 2. The molecule has 7 heteroatoms. The molecule has 0 aliphatic carbocycles. The maximum Gasteiger partial charge on any atom is 0.227 e. The summed E-state index contributed by atoms with van der Waals surface area (Å²) in [6, 6.07) is 11.4. The lowest BCUT2D eigenvalue weighted by atomic mass is 10.1. The zero-order valence-corrected chi connectivity index (χ0v) is 16.0. The van der Waals surface area contributed by atoms with E-state index in [1.165, 1.54) is 0 Å². The molecule has 1 aliphatic rings. The number of anilines is 1. The van der Waals surface area contributed by atoms with E-state index in [-0.39, 0.29) is 24.2 Å². The van der Waals surface area contributed by atoms with Crippen LogP contribution in [0, 0.1) is 5.92 Å². The van der Waals surface area contributed by atoms with Crippen LogP contribution in [-0.4, -0.2) is 30.7 Å². The molecule has 0 unspecified atom stereocenters. The van der Waals surface area contributed by atoms with Crippen LogP contribution in [0.15, 0.2) is 51.6 Å². The minimum Gasteiger partial charge on any atom is -0.468 e. The highest BCUT2D eigenvalue weighted by Crippen LogP contribution is 2.27. The number of nitrogens with zero attached hydrogens (tertiary/aromatic N) is 1. The number of carbonyl (C=O) groups excluding carboxylic acids is 2. The van der Waals surface area contributed by atoms with Crippen molar-refractivity contribution in [2.75, 3.05) is 23.7 Å². The van der Waals surface area contributed by atoms with E-state index in [9.17, 15) is 9.59 Å². The zero-order valence-electron chi connectivity index (χ0n) is 13.6. The van der Waals surface area contributed by atoms with Gasteiger partial charge in [-0.15, -0.1) is 0 Å². The number of halogens is 1. The lowest BCUT2D eigenvalue weighted by Crippen LogP contribution is -2.34. The highest BCUT2D eigenvalue weighted by molar-refractivity contribution is 9.10. The summed E-state index contributed by atoms with van der Waals surface area (Å²) in [5.74, 6) is 2.18. The first-order valence-corrected chi connectivity index (χ1v) is 10.0. The Bertz CT molecular complexity index is 736. The first-order valence-electron chi connectivity index (χ1n) is 8.07. The van der Waals surface area contributed by atoms with Crippen molar-refractivity contribution in [3.63, 3.8) is 0 Å². The van der Waals surface area contributed by atoms with Crippen molar-refractivity contribution < 1.29 is 14.0 Å². The number of rotatable bonds is 7. The van der Waals surface area contributed by atoms with Crippen molar-refractivity contribution in [2.24, 2.45) is 5.92 Å². The van der Waals surface area contributed by atoms with Crippen molar-refractivity contribution in [3.05, 3.63) is 52.9 Å². The lowest BCUT2D eigenvalue weighted by molar-refractivity contribution is -0.126. The van der Waals surface area contributed by atoms with Crippen molar-refractivity contribution in [3.8, 4) is 0 Å². The van der Waals surface area contributed by atoms with E-state index in [1.807, 2.05) is 36.4 Å². The van der Waals surface area contributed by atoms with E-state index in [4.69, 9.17) is 4.42 Å².